The number of esters is 1. The Morgan fingerprint density at radius 3 is 2.57 bits per heavy atom. The maximum atomic E-state index is 15.6. The predicted octanol–water partition coefficient (Wildman–Crippen LogP) is 7.08. The van der Waals surface area contributed by atoms with Crippen molar-refractivity contribution in [2.45, 2.75) is 38.8 Å². The zero-order valence-electron chi connectivity index (χ0n) is 23.7. The van der Waals surface area contributed by atoms with Gasteiger partial charge in [0.1, 0.15) is 24.1 Å². The van der Waals surface area contributed by atoms with Gasteiger partial charge in [0, 0.05) is 47.1 Å². The molecule has 0 spiro atoms. The summed E-state index contributed by atoms with van der Waals surface area (Å²) >= 11 is 5.81. The van der Waals surface area contributed by atoms with E-state index in [-0.39, 0.29) is 29.5 Å². The van der Waals surface area contributed by atoms with Crippen LogP contribution in [-0.4, -0.2) is 32.6 Å². The number of rotatable bonds is 10. The molecule has 8 nitrogen and oxygen atoms in total. The Kier molecular flexibility index (Phi) is 7.97. The average molecular weight is 614 g/mol. The number of fused-ring (bicyclic) bond motifs is 1. The number of aromatic nitrogens is 4. The van der Waals surface area contributed by atoms with Gasteiger partial charge in [-0.2, -0.15) is 10.2 Å². The fraction of sp³-hybridized carbons (Fsp3) is 0.242. The van der Waals surface area contributed by atoms with Gasteiger partial charge in [-0.1, -0.05) is 29.8 Å². The largest absolute Gasteiger partial charge is 0.465 e. The molecule has 0 N–H and O–H groups in total. The zero-order chi connectivity index (χ0) is 30.8. The van der Waals surface area contributed by atoms with E-state index < -0.39 is 17.6 Å². The summed E-state index contributed by atoms with van der Waals surface area (Å²) in [6.45, 7) is 0.442. The number of methoxy groups -OCH3 is 1. The van der Waals surface area contributed by atoms with Crippen molar-refractivity contribution >= 4 is 28.6 Å². The highest BCUT2D eigenvalue weighted by molar-refractivity contribution is 6.30. The van der Waals surface area contributed by atoms with Crippen molar-refractivity contribution in [2.75, 3.05) is 7.11 Å². The molecule has 0 aliphatic heterocycles. The highest BCUT2D eigenvalue weighted by Gasteiger charge is 2.43. The summed E-state index contributed by atoms with van der Waals surface area (Å²) in [4.78, 5) is 25.5. The number of benzene rings is 3. The molecule has 0 bridgehead atoms. The smallest absolute Gasteiger partial charge is 0.337 e. The molecular formula is C33H26ClF2N5O3. The molecule has 1 saturated carbocycles. The second kappa shape index (κ2) is 12.0. The molecule has 222 valence electrons. The Morgan fingerprint density at radius 1 is 1.05 bits per heavy atom. The molecular weight excluding hydrogens is 588 g/mol. The van der Waals surface area contributed by atoms with Crippen LogP contribution in [-0.2, 0) is 24.3 Å². The summed E-state index contributed by atoms with van der Waals surface area (Å²) in [6.07, 6.45) is 3.92. The maximum Gasteiger partial charge on any atom is 0.337 e. The van der Waals surface area contributed by atoms with Crippen molar-refractivity contribution in [3.63, 3.8) is 0 Å². The second-order valence-corrected chi connectivity index (χ2v) is 11.3. The number of carbonyl (C=O) groups excluding carboxylic acids is 1. The summed E-state index contributed by atoms with van der Waals surface area (Å²) in [7, 11) is 1.33. The maximum absolute atomic E-state index is 15.6. The van der Waals surface area contributed by atoms with Gasteiger partial charge in [-0.25, -0.2) is 23.5 Å². The predicted molar refractivity (Wildman–Crippen MR) is 159 cm³/mol. The quantitative estimate of drug-likeness (QED) is 0.155. The number of carbonyl (C=O) groups is 1. The van der Waals surface area contributed by atoms with E-state index in [0.717, 1.165) is 18.4 Å². The topological polar surface area (TPSA) is 103 Å². The molecule has 0 amide bonds. The van der Waals surface area contributed by atoms with E-state index in [1.165, 1.54) is 31.5 Å². The van der Waals surface area contributed by atoms with E-state index in [2.05, 4.69) is 16.0 Å². The monoisotopic (exact) mass is 613 g/mol. The Hall–Kier alpha value is -4.88. The van der Waals surface area contributed by atoms with Gasteiger partial charge < -0.3 is 14.0 Å². The summed E-state index contributed by atoms with van der Waals surface area (Å²) in [6, 6.07) is 18.2. The summed E-state index contributed by atoms with van der Waals surface area (Å²) in [5.41, 5.74) is 3.30. The van der Waals surface area contributed by atoms with Gasteiger partial charge in [0.25, 0.3) is 0 Å². The number of nitrogens with zero attached hydrogens (tertiary/aromatic N) is 5. The molecule has 0 saturated heterocycles. The van der Waals surface area contributed by atoms with Gasteiger partial charge in [0.2, 0.25) is 0 Å². The van der Waals surface area contributed by atoms with Crippen LogP contribution in [0, 0.1) is 28.4 Å². The zero-order valence-corrected chi connectivity index (χ0v) is 24.4. The van der Waals surface area contributed by atoms with Gasteiger partial charge in [-0.05, 0) is 60.9 Å². The Labute approximate surface area is 256 Å². The van der Waals surface area contributed by atoms with Crippen LogP contribution in [0.1, 0.15) is 46.6 Å². The minimum Gasteiger partial charge on any atom is -0.465 e. The van der Waals surface area contributed by atoms with Gasteiger partial charge >= 0.3 is 12.0 Å². The van der Waals surface area contributed by atoms with Crippen molar-refractivity contribution in [2.24, 2.45) is 5.41 Å². The number of ether oxygens (including phenoxy) is 2. The first-order valence-electron chi connectivity index (χ1n) is 13.9. The number of imidazole rings is 1. The molecule has 2 heterocycles. The fourth-order valence-electron chi connectivity index (χ4n) is 5.17. The van der Waals surface area contributed by atoms with Gasteiger partial charge in [-0.3, -0.25) is 0 Å². The fourth-order valence-corrected chi connectivity index (χ4v) is 5.33. The standard InChI is InChI=1S/C33H26ClF2N5O3/c1-43-31(42)22-5-7-28-29(15-22)41(19-33(9-10-33)11-12-37)30(39-28)16-20-2-3-21(14-25(20)35)27-8-13-38-32(40-27)44-18-23-4-6-24(34)17-26(23)36/h2-8,13-15,17H,9-11,16,18-19H2,1H3. The van der Waals surface area contributed by atoms with Crippen LogP contribution in [0.25, 0.3) is 22.3 Å². The van der Waals surface area contributed by atoms with Gasteiger partial charge in [0.15, 0.2) is 0 Å². The van der Waals surface area contributed by atoms with E-state index >= 15 is 4.39 Å². The summed E-state index contributed by atoms with van der Waals surface area (Å²) < 4.78 is 42.2. The minimum absolute atomic E-state index is 0.0211. The van der Waals surface area contributed by atoms with Crippen LogP contribution in [0.4, 0.5) is 8.78 Å². The van der Waals surface area contributed by atoms with Gasteiger partial charge in [0.05, 0.1) is 35.5 Å². The average Bonchev–Trinajstić information content (AvgIpc) is 3.70. The SMILES string of the molecule is COC(=O)c1ccc2nc(Cc3ccc(-c4ccnc(OCc5ccc(Cl)cc5F)n4)cc3F)n(CC3(CC#N)CC3)c2c1. The van der Waals surface area contributed by atoms with Crippen molar-refractivity contribution in [3.05, 3.63) is 106 Å². The molecule has 0 unspecified atom stereocenters. The van der Waals surface area contributed by atoms with Crippen LogP contribution in [0.3, 0.4) is 0 Å². The summed E-state index contributed by atoms with van der Waals surface area (Å²) in [5, 5.41) is 9.67. The molecule has 3 aromatic carbocycles. The molecule has 5 aromatic rings. The lowest BCUT2D eigenvalue weighted by Gasteiger charge is -2.16. The molecule has 11 heteroatoms. The van der Waals surface area contributed by atoms with E-state index in [1.807, 2.05) is 4.57 Å². The van der Waals surface area contributed by atoms with Crippen molar-refractivity contribution in [1.82, 2.24) is 19.5 Å². The highest BCUT2D eigenvalue weighted by atomic mass is 35.5. The van der Waals surface area contributed by atoms with Gasteiger partial charge in [-0.15, -0.1) is 0 Å². The number of hydrogen-bond donors (Lipinski definition) is 0. The first-order chi connectivity index (χ1) is 21.3. The number of halogens is 3. The molecule has 0 atom stereocenters. The number of hydrogen-bond acceptors (Lipinski definition) is 7. The van der Waals surface area contributed by atoms with Crippen molar-refractivity contribution in [1.29, 1.82) is 5.26 Å². The third-order valence-corrected chi connectivity index (χ3v) is 8.09. The van der Waals surface area contributed by atoms with Crippen molar-refractivity contribution < 1.29 is 23.0 Å². The second-order valence-electron chi connectivity index (χ2n) is 10.9. The van der Waals surface area contributed by atoms with E-state index in [9.17, 15) is 14.4 Å². The van der Waals surface area contributed by atoms with Crippen LogP contribution in [0.15, 0.2) is 66.9 Å². The number of nitriles is 1. The first-order valence-corrected chi connectivity index (χ1v) is 14.3. The Morgan fingerprint density at radius 2 is 1.84 bits per heavy atom. The van der Waals surface area contributed by atoms with E-state index in [1.54, 1.807) is 42.5 Å². The molecule has 1 aliphatic carbocycles. The molecule has 1 aliphatic rings. The van der Waals surface area contributed by atoms with Crippen LogP contribution in [0.5, 0.6) is 6.01 Å². The molecule has 0 radical (unpaired) electrons. The highest BCUT2D eigenvalue weighted by Crippen LogP contribution is 2.50. The van der Waals surface area contributed by atoms with Crippen LogP contribution < -0.4 is 4.74 Å². The third-order valence-electron chi connectivity index (χ3n) is 7.86. The summed E-state index contributed by atoms with van der Waals surface area (Å²) in [5.74, 6) is -0.776. The first kappa shape index (κ1) is 29.2. The minimum atomic E-state index is -0.499. The lowest BCUT2D eigenvalue weighted by molar-refractivity contribution is 0.0601. The molecule has 44 heavy (non-hydrogen) atoms. The van der Waals surface area contributed by atoms with Crippen LogP contribution in [0.2, 0.25) is 5.02 Å². The Bertz CT molecular complexity index is 1930. The van der Waals surface area contributed by atoms with Crippen molar-refractivity contribution in [3.8, 4) is 23.3 Å². The molecule has 1 fully saturated rings. The lowest BCUT2D eigenvalue weighted by atomic mass is 10.0. The molecule has 6 rings (SSSR count). The molecule has 2 aromatic heterocycles. The van der Waals surface area contributed by atoms with E-state index in [4.69, 9.17) is 26.1 Å². The Balaban J connectivity index is 1.26. The van der Waals surface area contributed by atoms with Crippen LogP contribution >= 0.6 is 11.6 Å². The lowest BCUT2D eigenvalue weighted by Crippen LogP contribution is -2.15. The normalized spacial score (nSPS) is 13.4. The van der Waals surface area contributed by atoms with E-state index in [0.29, 0.717) is 52.3 Å². The third kappa shape index (κ3) is 6.10.